The highest BCUT2D eigenvalue weighted by Gasteiger charge is 2.16. The van der Waals surface area contributed by atoms with Crippen LogP contribution in [-0.2, 0) is 17.8 Å². The summed E-state index contributed by atoms with van der Waals surface area (Å²) in [5, 5.41) is 0. The molecule has 1 aromatic heterocycles. The number of aromatic nitrogens is 1. The highest BCUT2D eigenvalue weighted by Crippen LogP contribution is 2.35. The van der Waals surface area contributed by atoms with Crippen molar-refractivity contribution in [1.82, 2.24) is 4.57 Å². The van der Waals surface area contributed by atoms with Crippen LogP contribution in [0.25, 0.3) is 10.2 Å². The van der Waals surface area contributed by atoms with Gasteiger partial charge in [0, 0.05) is 18.7 Å². The number of ether oxygens (including phenoxy) is 2. The molecule has 0 N–H and O–H groups in total. The number of thiazole rings is 1. The SMILES string of the molecule is C=CCn1c(=NC(=O)Cc2cccc(C)c2)sc2cc3c(cc21)OCCO3. The third kappa shape index (κ3) is 3.66. The number of rotatable bonds is 4. The summed E-state index contributed by atoms with van der Waals surface area (Å²) < 4.78 is 14.3. The summed E-state index contributed by atoms with van der Waals surface area (Å²) in [5.74, 6) is 1.29. The Morgan fingerprint density at radius 1 is 1.26 bits per heavy atom. The zero-order valence-corrected chi connectivity index (χ0v) is 15.9. The van der Waals surface area contributed by atoms with Gasteiger partial charge in [-0.2, -0.15) is 4.99 Å². The number of carbonyl (C=O) groups excluding carboxylic acids is 1. The first kappa shape index (κ1) is 17.5. The number of amides is 1. The lowest BCUT2D eigenvalue weighted by Gasteiger charge is -2.18. The van der Waals surface area contributed by atoms with E-state index in [9.17, 15) is 4.79 Å². The van der Waals surface area contributed by atoms with E-state index in [2.05, 4.69) is 11.6 Å². The van der Waals surface area contributed by atoms with Crippen LogP contribution in [-0.4, -0.2) is 23.7 Å². The fraction of sp³-hybridized carbons (Fsp3) is 0.238. The molecule has 0 radical (unpaired) electrons. The van der Waals surface area contributed by atoms with Gasteiger partial charge in [0.2, 0.25) is 0 Å². The van der Waals surface area contributed by atoms with E-state index in [1.807, 2.05) is 47.9 Å². The molecule has 5 nitrogen and oxygen atoms in total. The van der Waals surface area contributed by atoms with Gasteiger partial charge in [0.15, 0.2) is 16.3 Å². The zero-order valence-electron chi connectivity index (χ0n) is 15.1. The molecule has 0 saturated heterocycles. The quantitative estimate of drug-likeness (QED) is 0.650. The van der Waals surface area contributed by atoms with Crippen molar-refractivity contribution >= 4 is 27.5 Å². The number of allylic oxidation sites excluding steroid dienone is 1. The molecule has 0 bridgehead atoms. The van der Waals surface area contributed by atoms with Gasteiger partial charge in [-0.3, -0.25) is 4.79 Å². The van der Waals surface area contributed by atoms with Gasteiger partial charge in [-0.1, -0.05) is 47.2 Å². The first-order valence-electron chi connectivity index (χ1n) is 8.81. The summed E-state index contributed by atoms with van der Waals surface area (Å²) in [6.45, 7) is 7.49. The molecule has 0 spiro atoms. The molecule has 27 heavy (non-hydrogen) atoms. The van der Waals surface area contributed by atoms with E-state index in [4.69, 9.17) is 9.47 Å². The maximum atomic E-state index is 12.5. The lowest BCUT2D eigenvalue weighted by Crippen LogP contribution is -2.17. The van der Waals surface area contributed by atoms with E-state index in [0.29, 0.717) is 24.6 Å². The Hall–Kier alpha value is -2.86. The highest BCUT2D eigenvalue weighted by molar-refractivity contribution is 7.16. The van der Waals surface area contributed by atoms with Gasteiger partial charge < -0.3 is 14.0 Å². The molecule has 0 unspecified atom stereocenters. The standard InChI is InChI=1S/C21H20N2O3S/c1-3-7-23-16-12-17-18(26-9-8-25-17)13-19(16)27-21(23)22-20(24)11-15-6-4-5-14(2)10-15/h3-6,10,12-13H,1,7-9,11H2,2H3. The predicted molar refractivity (Wildman–Crippen MR) is 106 cm³/mol. The van der Waals surface area contributed by atoms with Crippen molar-refractivity contribution in [3.63, 3.8) is 0 Å². The second kappa shape index (κ2) is 7.40. The topological polar surface area (TPSA) is 52.8 Å². The summed E-state index contributed by atoms with van der Waals surface area (Å²) in [5.41, 5.74) is 3.07. The van der Waals surface area contributed by atoms with Crippen molar-refractivity contribution in [3.05, 3.63) is 65.0 Å². The Labute approximate surface area is 161 Å². The van der Waals surface area contributed by atoms with Crippen LogP contribution in [0.4, 0.5) is 0 Å². The molecule has 0 aliphatic carbocycles. The number of nitrogens with zero attached hydrogens (tertiary/aromatic N) is 2. The van der Waals surface area contributed by atoms with Gasteiger partial charge in [-0.15, -0.1) is 6.58 Å². The molecular formula is C21H20N2O3S. The minimum Gasteiger partial charge on any atom is -0.486 e. The lowest BCUT2D eigenvalue weighted by atomic mass is 10.1. The van der Waals surface area contributed by atoms with Gasteiger partial charge in [-0.05, 0) is 12.5 Å². The second-order valence-electron chi connectivity index (χ2n) is 6.42. The molecule has 138 valence electrons. The van der Waals surface area contributed by atoms with Crippen molar-refractivity contribution in [1.29, 1.82) is 0 Å². The summed E-state index contributed by atoms with van der Waals surface area (Å²) in [4.78, 5) is 17.6. The summed E-state index contributed by atoms with van der Waals surface area (Å²) >= 11 is 1.47. The van der Waals surface area contributed by atoms with Crippen molar-refractivity contribution in [2.45, 2.75) is 19.9 Å². The Balaban J connectivity index is 1.75. The molecule has 3 aromatic rings. The van der Waals surface area contributed by atoms with E-state index in [-0.39, 0.29) is 12.3 Å². The molecule has 2 aromatic carbocycles. The van der Waals surface area contributed by atoms with Crippen molar-refractivity contribution in [2.24, 2.45) is 4.99 Å². The summed E-state index contributed by atoms with van der Waals surface area (Å²) in [6, 6.07) is 11.8. The van der Waals surface area contributed by atoms with Gasteiger partial charge in [0.1, 0.15) is 13.2 Å². The second-order valence-corrected chi connectivity index (χ2v) is 7.43. The molecule has 1 aliphatic rings. The maximum Gasteiger partial charge on any atom is 0.252 e. The van der Waals surface area contributed by atoms with Crippen molar-refractivity contribution in [2.75, 3.05) is 13.2 Å². The van der Waals surface area contributed by atoms with Crippen LogP contribution in [0.15, 0.2) is 54.0 Å². The van der Waals surface area contributed by atoms with E-state index >= 15 is 0 Å². The Bertz CT molecular complexity index is 1090. The summed E-state index contributed by atoms with van der Waals surface area (Å²) in [7, 11) is 0. The van der Waals surface area contributed by atoms with E-state index < -0.39 is 0 Å². The van der Waals surface area contributed by atoms with Crippen LogP contribution in [0.2, 0.25) is 0 Å². The largest absolute Gasteiger partial charge is 0.486 e. The minimum absolute atomic E-state index is 0.165. The molecule has 2 heterocycles. The van der Waals surface area contributed by atoms with Crippen molar-refractivity contribution in [3.8, 4) is 11.5 Å². The Morgan fingerprint density at radius 3 is 2.78 bits per heavy atom. The van der Waals surface area contributed by atoms with Gasteiger partial charge in [-0.25, -0.2) is 0 Å². The normalized spacial score (nSPS) is 13.7. The summed E-state index contributed by atoms with van der Waals surface area (Å²) in [6.07, 6.45) is 2.08. The number of aryl methyl sites for hydroxylation is 1. The first-order chi connectivity index (χ1) is 13.1. The maximum absolute atomic E-state index is 12.5. The minimum atomic E-state index is -0.165. The zero-order chi connectivity index (χ0) is 18.8. The molecule has 1 aliphatic heterocycles. The van der Waals surface area contributed by atoms with Crippen LogP contribution in [0.3, 0.4) is 0 Å². The van der Waals surface area contributed by atoms with E-state index in [0.717, 1.165) is 32.8 Å². The molecule has 4 rings (SSSR count). The average Bonchev–Trinajstić information content (AvgIpc) is 2.96. The fourth-order valence-electron chi connectivity index (χ4n) is 3.14. The highest BCUT2D eigenvalue weighted by atomic mass is 32.1. The number of fused-ring (bicyclic) bond motifs is 2. The average molecular weight is 380 g/mol. The third-order valence-electron chi connectivity index (χ3n) is 4.32. The van der Waals surface area contributed by atoms with Crippen LogP contribution < -0.4 is 14.3 Å². The Morgan fingerprint density at radius 2 is 2.04 bits per heavy atom. The third-order valence-corrected chi connectivity index (χ3v) is 5.36. The van der Waals surface area contributed by atoms with Crippen LogP contribution in [0, 0.1) is 6.92 Å². The van der Waals surface area contributed by atoms with Crippen LogP contribution in [0.1, 0.15) is 11.1 Å². The monoisotopic (exact) mass is 380 g/mol. The number of benzene rings is 2. The number of hydrogen-bond acceptors (Lipinski definition) is 4. The molecule has 0 fully saturated rings. The molecule has 6 heteroatoms. The lowest BCUT2D eigenvalue weighted by molar-refractivity contribution is -0.117. The number of carbonyl (C=O) groups is 1. The van der Waals surface area contributed by atoms with Gasteiger partial charge in [0.25, 0.3) is 5.91 Å². The van der Waals surface area contributed by atoms with Gasteiger partial charge in [0.05, 0.1) is 16.6 Å². The van der Waals surface area contributed by atoms with Gasteiger partial charge >= 0.3 is 0 Å². The molecule has 1 amide bonds. The van der Waals surface area contributed by atoms with Crippen LogP contribution in [0.5, 0.6) is 11.5 Å². The van der Waals surface area contributed by atoms with Crippen molar-refractivity contribution < 1.29 is 14.3 Å². The predicted octanol–water partition coefficient (Wildman–Crippen LogP) is 3.64. The molecule has 0 atom stereocenters. The fourth-order valence-corrected chi connectivity index (χ4v) is 4.21. The van der Waals surface area contributed by atoms with Crippen LogP contribution >= 0.6 is 11.3 Å². The molecular weight excluding hydrogens is 360 g/mol. The first-order valence-corrected chi connectivity index (χ1v) is 9.62. The number of hydrogen-bond donors (Lipinski definition) is 0. The van der Waals surface area contributed by atoms with E-state index in [1.165, 1.54) is 11.3 Å². The smallest absolute Gasteiger partial charge is 0.252 e. The van der Waals surface area contributed by atoms with E-state index in [1.54, 1.807) is 6.08 Å². The Kier molecular flexibility index (Phi) is 4.81. The molecule has 0 saturated carbocycles.